The highest BCUT2D eigenvalue weighted by Crippen LogP contribution is 2.44. The maximum absolute atomic E-state index is 4.74. The lowest BCUT2D eigenvalue weighted by Gasteiger charge is -2.19. The number of hydrogen-bond donors (Lipinski definition) is 0. The highest BCUT2D eigenvalue weighted by atomic mass is 14.7. The molecule has 2 heteroatoms. The van der Waals surface area contributed by atoms with Gasteiger partial charge in [-0.15, -0.1) is 0 Å². The summed E-state index contributed by atoms with van der Waals surface area (Å²) in [7, 11) is 0. The summed E-state index contributed by atoms with van der Waals surface area (Å²) in [6.07, 6.45) is 3.72. The van der Waals surface area contributed by atoms with Gasteiger partial charge in [0.25, 0.3) is 0 Å². The number of pyridine rings is 2. The van der Waals surface area contributed by atoms with Crippen molar-refractivity contribution in [3.05, 3.63) is 267 Å². The van der Waals surface area contributed by atoms with Crippen LogP contribution in [0.1, 0.15) is 0 Å². The van der Waals surface area contributed by atoms with E-state index in [1.807, 2.05) is 36.7 Å². The van der Waals surface area contributed by atoms with E-state index in [0.717, 1.165) is 67.0 Å². The molecule has 0 amide bonds. The van der Waals surface area contributed by atoms with Crippen LogP contribution in [0, 0.1) is 0 Å². The minimum absolute atomic E-state index is 0.947. The first-order valence-corrected chi connectivity index (χ1v) is 22.5. The number of benzene rings is 9. The molecule has 0 aliphatic heterocycles. The molecule has 0 atom stereocenters. The number of hydrogen-bond acceptors (Lipinski definition) is 2. The Bertz CT molecular complexity index is 3220. The molecule has 0 aliphatic carbocycles. The summed E-state index contributed by atoms with van der Waals surface area (Å²) in [5, 5.41) is 0. The van der Waals surface area contributed by atoms with Gasteiger partial charge in [0.1, 0.15) is 0 Å². The molecular weight excluding hydrogens is 797 g/mol. The Hall–Kier alpha value is -8.72. The zero-order valence-corrected chi connectivity index (χ0v) is 36.3. The van der Waals surface area contributed by atoms with Crippen LogP contribution in [0.25, 0.3) is 112 Å². The molecule has 2 aromatic heterocycles. The monoisotopic (exact) mass is 840 g/mol. The van der Waals surface area contributed by atoms with Crippen LogP contribution in [0.2, 0.25) is 0 Å². The smallest absolute Gasteiger partial charge is 0.0702 e. The fourth-order valence-corrected chi connectivity index (χ4v) is 9.21. The summed E-state index contributed by atoms with van der Waals surface area (Å²) in [4.78, 5) is 9.48. The molecule has 0 fully saturated rings. The van der Waals surface area contributed by atoms with E-state index in [4.69, 9.17) is 9.97 Å². The minimum atomic E-state index is 0.947. The van der Waals surface area contributed by atoms with Gasteiger partial charge in [-0.2, -0.15) is 0 Å². The van der Waals surface area contributed by atoms with E-state index >= 15 is 0 Å². The third kappa shape index (κ3) is 8.16. The lowest BCUT2D eigenvalue weighted by Crippen LogP contribution is -1.93. The lowest BCUT2D eigenvalue weighted by atomic mass is 9.85. The third-order valence-corrected chi connectivity index (χ3v) is 12.4. The summed E-state index contributed by atoms with van der Waals surface area (Å²) in [5.41, 5.74) is 22.7. The molecule has 0 unspecified atom stereocenters. The molecule has 9 aromatic carbocycles. The Morgan fingerprint density at radius 2 is 0.485 bits per heavy atom. The van der Waals surface area contributed by atoms with Crippen molar-refractivity contribution >= 4 is 0 Å². The Morgan fingerprint density at radius 3 is 0.894 bits per heavy atom. The van der Waals surface area contributed by atoms with Crippen LogP contribution in [0.15, 0.2) is 267 Å². The van der Waals surface area contributed by atoms with Gasteiger partial charge in [-0.05, 0) is 144 Å². The van der Waals surface area contributed by atoms with Crippen molar-refractivity contribution in [2.45, 2.75) is 0 Å². The molecule has 2 heterocycles. The van der Waals surface area contributed by atoms with E-state index in [1.54, 1.807) is 0 Å². The first-order valence-electron chi connectivity index (χ1n) is 22.5. The molecule has 0 aliphatic rings. The number of rotatable bonds is 10. The number of aromatic nitrogens is 2. The summed E-state index contributed by atoms with van der Waals surface area (Å²) in [6.45, 7) is 0. The topological polar surface area (TPSA) is 25.8 Å². The second-order valence-corrected chi connectivity index (χ2v) is 16.5. The fraction of sp³-hybridized carbons (Fsp3) is 0. The molecule has 0 radical (unpaired) electrons. The van der Waals surface area contributed by atoms with Crippen LogP contribution in [-0.4, -0.2) is 9.97 Å². The highest BCUT2D eigenvalue weighted by molar-refractivity contribution is 5.97. The third-order valence-electron chi connectivity index (χ3n) is 12.4. The van der Waals surface area contributed by atoms with Crippen molar-refractivity contribution < 1.29 is 0 Å². The van der Waals surface area contributed by atoms with E-state index in [1.165, 1.54) is 44.5 Å². The predicted octanol–water partition coefficient (Wildman–Crippen LogP) is 17.1. The Kier molecular flexibility index (Phi) is 11.0. The van der Waals surface area contributed by atoms with Crippen LogP contribution >= 0.6 is 0 Å². The molecule has 11 rings (SSSR count). The highest BCUT2D eigenvalue weighted by Gasteiger charge is 2.18. The van der Waals surface area contributed by atoms with E-state index < -0.39 is 0 Å². The summed E-state index contributed by atoms with van der Waals surface area (Å²) >= 11 is 0. The normalized spacial score (nSPS) is 11.0. The van der Waals surface area contributed by atoms with Gasteiger partial charge < -0.3 is 0 Å². The van der Waals surface area contributed by atoms with Crippen molar-refractivity contribution in [1.29, 1.82) is 0 Å². The average Bonchev–Trinajstić information content (AvgIpc) is 3.41. The zero-order chi connectivity index (χ0) is 44.1. The van der Waals surface area contributed by atoms with Crippen molar-refractivity contribution in [3.63, 3.8) is 0 Å². The molecular formula is C64H44N2. The van der Waals surface area contributed by atoms with Crippen LogP contribution in [0.5, 0.6) is 0 Å². The van der Waals surface area contributed by atoms with Gasteiger partial charge in [-0.1, -0.05) is 200 Å². The lowest BCUT2D eigenvalue weighted by molar-refractivity contribution is 1.33. The van der Waals surface area contributed by atoms with Gasteiger partial charge in [-0.25, -0.2) is 0 Å². The van der Waals surface area contributed by atoms with Crippen LogP contribution in [0.4, 0.5) is 0 Å². The van der Waals surface area contributed by atoms with Gasteiger partial charge in [-0.3, -0.25) is 9.97 Å². The van der Waals surface area contributed by atoms with E-state index in [2.05, 4.69) is 231 Å². The quantitative estimate of drug-likeness (QED) is 0.137. The Morgan fingerprint density at radius 1 is 0.167 bits per heavy atom. The summed E-state index contributed by atoms with van der Waals surface area (Å²) in [5.74, 6) is 0. The molecule has 0 saturated carbocycles. The zero-order valence-electron chi connectivity index (χ0n) is 36.3. The molecule has 310 valence electrons. The van der Waals surface area contributed by atoms with Gasteiger partial charge in [0.05, 0.1) is 11.4 Å². The molecule has 0 saturated heterocycles. The van der Waals surface area contributed by atoms with Crippen molar-refractivity contribution in [1.82, 2.24) is 9.97 Å². The van der Waals surface area contributed by atoms with E-state index in [-0.39, 0.29) is 0 Å². The maximum atomic E-state index is 4.74. The first kappa shape index (κ1) is 40.1. The van der Waals surface area contributed by atoms with Crippen LogP contribution < -0.4 is 0 Å². The molecule has 11 aromatic rings. The number of nitrogens with zero attached hydrogens (tertiary/aromatic N) is 2. The maximum Gasteiger partial charge on any atom is 0.0702 e. The minimum Gasteiger partial charge on any atom is -0.256 e. The van der Waals surface area contributed by atoms with E-state index in [0.29, 0.717) is 0 Å². The molecule has 0 spiro atoms. The molecule has 0 N–H and O–H groups in total. The Labute approximate surface area is 386 Å². The van der Waals surface area contributed by atoms with Gasteiger partial charge in [0.2, 0.25) is 0 Å². The molecule has 0 bridgehead atoms. The van der Waals surface area contributed by atoms with Gasteiger partial charge in [0.15, 0.2) is 0 Å². The summed E-state index contributed by atoms with van der Waals surface area (Å²) < 4.78 is 0. The van der Waals surface area contributed by atoms with Crippen LogP contribution in [-0.2, 0) is 0 Å². The second-order valence-electron chi connectivity index (χ2n) is 16.5. The molecule has 66 heavy (non-hydrogen) atoms. The van der Waals surface area contributed by atoms with Crippen molar-refractivity contribution in [3.8, 4) is 112 Å². The van der Waals surface area contributed by atoms with Crippen molar-refractivity contribution in [2.75, 3.05) is 0 Å². The van der Waals surface area contributed by atoms with Gasteiger partial charge in [0, 0.05) is 23.5 Å². The second kappa shape index (κ2) is 18.2. The van der Waals surface area contributed by atoms with E-state index in [9.17, 15) is 0 Å². The Balaban J connectivity index is 1.04. The first-order chi connectivity index (χ1) is 32.7. The predicted molar refractivity (Wildman–Crippen MR) is 276 cm³/mol. The summed E-state index contributed by atoms with van der Waals surface area (Å²) in [6, 6.07) is 91.4. The largest absolute Gasteiger partial charge is 0.256 e. The van der Waals surface area contributed by atoms with Crippen molar-refractivity contribution in [2.24, 2.45) is 0 Å². The van der Waals surface area contributed by atoms with Crippen LogP contribution in [0.3, 0.4) is 0 Å². The molecule has 2 nitrogen and oxygen atoms in total. The van der Waals surface area contributed by atoms with Gasteiger partial charge >= 0.3 is 0 Å². The SMILES string of the molecule is c1ccc(-c2cccc(-c3cc(-c4ccccn4)ccc3-c3ccccc3-c3cccc(-c4ccccc4-c4ccc(-c5ccccn5)cc4-c4cccc(-c5ccccc5)c4)c3)c2)cc1. The standard InChI is InChI=1S/C64H44N2/c1-3-18-45(19-4-1)47-22-15-26-51(40-47)61-43-53(63-32-11-13-38-65-63)34-36-59(61)57-30-9-7-28-55(57)49-24-17-25-50(42-49)56-29-8-10-31-58(56)60-37-35-54(64-33-12-14-39-66-64)44-62(60)52-27-16-23-48(41-52)46-20-5-2-6-21-46/h1-44H. The fourth-order valence-electron chi connectivity index (χ4n) is 9.21. The average molecular weight is 841 g/mol.